The minimum absolute atomic E-state index is 0.0707. The molecule has 7 heteroatoms. The number of ether oxygens (including phenoxy) is 1. The average molecular weight is 467 g/mol. The number of hydrogen-bond donors (Lipinski definition) is 1. The van der Waals surface area contributed by atoms with Gasteiger partial charge in [0.25, 0.3) is 0 Å². The van der Waals surface area contributed by atoms with Crippen LogP contribution in [0.5, 0.6) is 5.75 Å². The van der Waals surface area contributed by atoms with Crippen LogP contribution in [-0.2, 0) is 9.59 Å². The van der Waals surface area contributed by atoms with Crippen molar-refractivity contribution >= 4 is 34.8 Å². The first-order chi connectivity index (χ1) is 15.9. The fourth-order valence-electron chi connectivity index (χ4n) is 4.26. The van der Waals surface area contributed by atoms with Gasteiger partial charge in [-0.15, -0.1) is 0 Å². The zero-order valence-electron chi connectivity index (χ0n) is 18.3. The molecule has 0 aliphatic carbocycles. The van der Waals surface area contributed by atoms with E-state index in [2.05, 4.69) is 5.32 Å². The Bertz CT molecular complexity index is 1180. The highest BCUT2D eigenvalue weighted by Crippen LogP contribution is 2.43. The van der Waals surface area contributed by atoms with Gasteiger partial charge in [0.05, 0.1) is 29.8 Å². The molecule has 170 valence electrons. The summed E-state index contributed by atoms with van der Waals surface area (Å²) in [4.78, 5) is 28.3. The van der Waals surface area contributed by atoms with E-state index in [1.54, 1.807) is 12.0 Å². The molecule has 3 aromatic rings. The molecule has 1 fully saturated rings. The summed E-state index contributed by atoms with van der Waals surface area (Å²) in [6, 6.07) is 18.2. The Morgan fingerprint density at radius 2 is 1.85 bits per heavy atom. The smallest absolute Gasteiger partial charge is 0.229 e. The summed E-state index contributed by atoms with van der Waals surface area (Å²) in [7, 11) is 1.56. The van der Waals surface area contributed by atoms with Gasteiger partial charge in [0.2, 0.25) is 11.8 Å². The summed E-state index contributed by atoms with van der Waals surface area (Å²) in [6.45, 7) is 1.97. The van der Waals surface area contributed by atoms with Crippen molar-refractivity contribution in [3.05, 3.63) is 88.7 Å². The van der Waals surface area contributed by atoms with Gasteiger partial charge in [0.15, 0.2) is 0 Å². The molecule has 33 heavy (non-hydrogen) atoms. The Balaban J connectivity index is 1.78. The normalized spacial score (nSPS) is 18.2. The van der Waals surface area contributed by atoms with E-state index in [1.807, 2.05) is 55.5 Å². The van der Waals surface area contributed by atoms with Gasteiger partial charge in [-0.1, -0.05) is 47.5 Å². The second kappa shape index (κ2) is 9.63. The quantitative estimate of drug-likeness (QED) is 0.507. The summed E-state index contributed by atoms with van der Waals surface area (Å²) < 4.78 is 19.0. The van der Waals surface area contributed by atoms with Crippen LogP contribution in [0.4, 0.5) is 15.8 Å². The molecule has 0 spiro atoms. The number of aryl methyl sites for hydroxylation is 1. The van der Waals surface area contributed by atoms with E-state index in [4.69, 9.17) is 16.3 Å². The molecular formula is C26H24ClFN2O3. The van der Waals surface area contributed by atoms with E-state index in [-0.39, 0.29) is 23.3 Å². The lowest BCUT2D eigenvalue weighted by Crippen LogP contribution is -2.47. The zero-order valence-corrected chi connectivity index (χ0v) is 19.1. The summed E-state index contributed by atoms with van der Waals surface area (Å²) in [5, 5.41) is 2.93. The molecule has 0 bridgehead atoms. The summed E-state index contributed by atoms with van der Waals surface area (Å²) in [6.07, 6.45) is 0.573. The number of benzene rings is 3. The van der Waals surface area contributed by atoms with Gasteiger partial charge in [0.1, 0.15) is 11.6 Å². The van der Waals surface area contributed by atoms with Crippen LogP contribution in [0.25, 0.3) is 0 Å². The van der Waals surface area contributed by atoms with Gasteiger partial charge in [0, 0.05) is 17.7 Å². The molecule has 5 nitrogen and oxygen atoms in total. The fourth-order valence-corrected chi connectivity index (χ4v) is 4.47. The van der Waals surface area contributed by atoms with Crippen LogP contribution in [-0.4, -0.2) is 18.9 Å². The first-order valence-electron chi connectivity index (χ1n) is 10.7. The topological polar surface area (TPSA) is 58.6 Å². The number of nitrogens with zero attached hydrogens (tertiary/aromatic N) is 1. The monoisotopic (exact) mass is 466 g/mol. The molecule has 1 N–H and O–H groups in total. The zero-order chi connectivity index (χ0) is 23.5. The van der Waals surface area contributed by atoms with Crippen LogP contribution in [0.15, 0.2) is 66.7 Å². The molecule has 0 radical (unpaired) electrons. The number of rotatable bonds is 5. The Morgan fingerprint density at radius 1 is 1.12 bits per heavy atom. The number of anilines is 2. The predicted octanol–water partition coefficient (Wildman–Crippen LogP) is 5.92. The summed E-state index contributed by atoms with van der Waals surface area (Å²) in [5.74, 6) is -0.852. The summed E-state index contributed by atoms with van der Waals surface area (Å²) >= 11 is 6.14. The van der Waals surface area contributed by atoms with Crippen LogP contribution >= 0.6 is 11.6 Å². The lowest BCUT2D eigenvalue weighted by Gasteiger charge is -2.41. The molecule has 1 aliphatic heterocycles. The molecule has 3 aromatic carbocycles. The lowest BCUT2D eigenvalue weighted by atomic mass is 9.82. The van der Waals surface area contributed by atoms with Crippen LogP contribution in [0.3, 0.4) is 0 Å². The van der Waals surface area contributed by atoms with E-state index >= 15 is 0 Å². The lowest BCUT2D eigenvalue weighted by molar-refractivity contribution is -0.125. The fraction of sp³-hybridized carbons (Fsp3) is 0.231. The first kappa shape index (κ1) is 22.8. The minimum Gasteiger partial charge on any atom is -0.496 e. The van der Waals surface area contributed by atoms with Crippen molar-refractivity contribution in [1.29, 1.82) is 0 Å². The molecule has 4 rings (SSSR count). The number of carbonyl (C=O) groups is 2. The van der Waals surface area contributed by atoms with Crippen molar-refractivity contribution in [3.63, 3.8) is 0 Å². The highest BCUT2D eigenvalue weighted by Gasteiger charge is 2.42. The molecular weight excluding hydrogens is 443 g/mol. The number of hydrogen-bond acceptors (Lipinski definition) is 3. The van der Waals surface area contributed by atoms with Crippen molar-refractivity contribution in [2.75, 3.05) is 17.3 Å². The van der Waals surface area contributed by atoms with Crippen LogP contribution in [0.2, 0.25) is 5.02 Å². The van der Waals surface area contributed by atoms with Gasteiger partial charge < -0.3 is 15.0 Å². The molecule has 1 heterocycles. The standard InChI is InChI=1S/C26H24ClFN2O3/c1-16-7-10-18(11-8-16)30-24(31)14-12-20(25(30)19-5-3-4-6-23(19)33-2)26(32)29-22-13-9-17(28)15-21(22)27/h3-11,13,15,20,25H,12,14H2,1-2H3,(H,29,32). The van der Waals surface area contributed by atoms with Crippen LogP contribution in [0, 0.1) is 18.7 Å². The first-order valence-corrected chi connectivity index (χ1v) is 11.0. The van der Waals surface area contributed by atoms with Gasteiger partial charge in [-0.25, -0.2) is 4.39 Å². The van der Waals surface area contributed by atoms with Crippen LogP contribution in [0.1, 0.15) is 30.0 Å². The summed E-state index contributed by atoms with van der Waals surface area (Å²) in [5.41, 5.74) is 2.83. The van der Waals surface area contributed by atoms with Crippen molar-refractivity contribution in [2.45, 2.75) is 25.8 Å². The molecule has 2 unspecified atom stereocenters. The van der Waals surface area contributed by atoms with E-state index in [9.17, 15) is 14.0 Å². The second-order valence-corrected chi connectivity index (χ2v) is 8.45. The molecule has 1 aliphatic rings. The van der Waals surface area contributed by atoms with E-state index in [0.717, 1.165) is 17.2 Å². The maximum Gasteiger partial charge on any atom is 0.229 e. The number of nitrogens with one attached hydrogen (secondary N) is 1. The number of halogens is 2. The second-order valence-electron chi connectivity index (χ2n) is 8.04. The number of piperidine rings is 1. The van der Waals surface area contributed by atoms with E-state index < -0.39 is 17.8 Å². The highest BCUT2D eigenvalue weighted by atomic mass is 35.5. The molecule has 2 amide bonds. The maximum atomic E-state index is 13.5. The van der Waals surface area contributed by atoms with Gasteiger partial charge in [-0.3, -0.25) is 9.59 Å². The average Bonchev–Trinajstić information content (AvgIpc) is 2.81. The number of carbonyl (C=O) groups excluding carboxylic acids is 2. The maximum absolute atomic E-state index is 13.5. The Labute approximate surface area is 197 Å². The van der Waals surface area contributed by atoms with Crippen LogP contribution < -0.4 is 15.0 Å². The number of methoxy groups -OCH3 is 1. The van der Waals surface area contributed by atoms with Crippen molar-refractivity contribution in [2.24, 2.45) is 5.92 Å². The van der Waals surface area contributed by atoms with Gasteiger partial charge in [-0.2, -0.15) is 0 Å². The van der Waals surface area contributed by atoms with E-state index in [0.29, 0.717) is 23.5 Å². The van der Waals surface area contributed by atoms with Crippen molar-refractivity contribution < 1.29 is 18.7 Å². The minimum atomic E-state index is -0.593. The molecule has 0 aromatic heterocycles. The molecule has 1 saturated heterocycles. The van der Waals surface area contributed by atoms with Gasteiger partial charge in [-0.05, 0) is 49.7 Å². The van der Waals surface area contributed by atoms with Crippen molar-refractivity contribution in [1.82, 2.24) is 0 Å². The third-order valence-electron chi connectivity index (χ3n) is 5.89. The SMILES string of the molecule is COc1ccccc1C1C(C(=O)Nc2ccc(F)cc2Cl)CCC(=O)N1c1ccc(C)cc1. The Kier molecular flexibility index (Phi) is 6.65. The molecule has 2 atom stereocenters. The van der Waals surface area contributed by atoms with Gasteiger partial charge >= 0.3 is 0 Å². The van der Waals surface area contributed by atoms with Crippen molar-refractivity contribution in [3.8, 4) is 5.75 Å². The van der Waals surface area contributed by atoms with E-state index in [1.165, 1.54) is 12.1 Å². The Hall–Kier alpha value is -3.38. The molecule has 0 saturated carbocycles. The predicted molar refractivity (Wildman–Crippen MR) is 127 cm³/mol. The Morgan fingerprint density at radius 3 is 2.55 bits per heavy atom. The third-order valence-corrected chi connectivity index (χ3v) is 6.21. The number of para-hydroxylation sites is 1. The highest BCUT2D eigenvalue weighted by molar-refractivity contribution is 6.33. The largest absolute Gasteiger partial charge is 0.496 e. The third kappa shape index (κ3) is 4.71. The number of amides is 2.